The molecular formula is C8H16. The Morgan fingerprint density at radius 2 is 2.38 bits per heavy atom. The summed E-state index contributed by atoms with van der Waals surface area (Å²) < 4.78 is 7.48. The molecule has 0 spiro atoms. The molecule has 8 heavy (non-hydrogen) atoms. The lowest BCUT2D eigenvalue weighted by Gasteiger charge is -1.99. The Kier molecular flexibility index (Phi) is 3.59. The normalized spacial score (nSPS) is 13.0. The topological polar surface area (TPSA) is 0 Å². The maximum atomic E-state index is 7.48. The molecule has 0 amide bonds. The van der Waals surface area contributed by atoms with Gasteiger partial charge in [-0.2, -0.15) is 0 Å². The predicted molar refractivity (Wildman–Crippen MR) is 38.9 cm³/mol. The van der Waals surface area contributed by atoms with Crippen molar-refractivity contribution in [2.45, 2.75) is 33.1 Å². The van der Waals surface area contributed by atoms with Crippen molar-refractivity contribution in [3.8, 4) is 0 Å². The van der Waals surface area contributed by atoms with E-state index >= 15 is 0 Å². The van der Waals surface area contributed by atoms with E-state index in [1.807, 2.05) is 19.9 Å². The van der Waals surface area contributed by atoms with Gasteiger partial charge >= 0.3 is 0 Å². The van der Waals surface area contributed by atoms with Crippen LogP contribution >= 0.6 is 0 Å². The second-order valence-electron chi connectivity index (χ2n) is 2.39. The maximum absolute atomic E-state index is 7.48. The summed E-state index contributed by atoms with van der Waals surface area (Å²) >= 11 is 0. The molecule has 0 saturated heterocycles. The van der Waals surface area contributed by atoms with Gasteiger partial charge in [0.1, 0.15) is 0 Å². The summed E-state index contributed by atoms with van der Waals surface area (Å²) in [5, 5.41) is 0. The van der Waals surface area contributed by atoms with Crippen LogP contribution in [0.25, 0.3) is 0 Å². The van der Waals surface area contributed by atoms with E-state index in [0.29, 0.717) is 0 Å². The van der Waals surface area contributed by atoms with Crippen LogP contribution in [0.1, 0.15) is 34.5 Å². The van der Waals surface area contributed by atoms with Crippen LogP contribution in [-0.4, -0.2) is 0 Å². The summed E-state index contributed by atoms with van der Waals surface area (Å²) in [6.07, 6.45) is 5.02. The summed E-state index contributed by atoms with van der Waals surface area (Å²) in [4.78, 5) is 0. The molecule has 0 aromatic rings. The molecule has 0 unspecified atom stereocenters. The summed E-state index contributed by atoms with van der Waals surface area (Å²) in [7, 11) is 0. The number of unbranched alkanes of at least 4 members (excludes halogenated alkanes) is 1. The molecule has 0 aliphatic carbocycles. The number of allylic oxidation sites excluding steroid dienone is 1. The van der Waals surface area contributed by atoms with Gasteiger partial charge in [0.25, 0.3) is 0 Å². The largest absolute Gasteiger partial charge is 0.103 e. The zero-order valence-electron chi connectivity index (χ0n) is 6.91. The van der Waals surface area contributed by atoms with Crippen molar-refractivity contribution in [1.82, 2.24) is 0 Å². The minimum absolute atomic E-state index is 0.247. The number of hydrogen-bond donors (Lipinski definition) is 0. The summed E-state index contributed by atoms with van der Waals surface area (Å²) in [6.45, 7) is 7.50. The lowest BCUT2D eigenvalue weighted by molar-refractivity contribution is 0.560. The lowest BCUT2D eigenvalue weighted by Crippen LogP contribution is -1.84. The Bertz CT molecular complexity index is 79.1. The van der Waals surface area contributed by atoms with E-state index in [1.165, 1.54) is 0 Å². The van der Waals surface area contributed by atoms with Crippen LogP contribution in [0.15, 0.2) is 12.7 Å². The Morgan fingerprint density at radius 3 is 2.75 bits per heavy atom. The smallest absolute Gasteiger partial charge is 0.0297 e. The highest BCUT2D eigenvalue weighted by atomic mass is 14.0. The van der Waals surface area contributed by atoms with Crippen LogP contribution < -0.4 is 0 Å². The summed E-state index contributed by atoms with van der Waals surface area (Å²) in [6, 6.07) is 0. The van der Waals surface area contributed by atoms with Gasteiger partial charge in [0.2, 0.25) is 0 Å². The van der Waals surface area contributed by atoms with Crippen LogP contribution in [-0.2, 0) is 0 Å². The molecule has 0 aliphatic heterocycles. The molecular weight excluding hydrogens is 96.1 g/mol. The third kappa shape index (κ3) is 5.74. The maximum Gasteiger partial charge on any atom is 0.0297 e. The highest BCUT2D eigenvalue weighted by Crippen LogP contribution is 2.05. The van der Waals surface area contributed by atoms with Gasteiger partial charge in [-0.1, -0.05) is 26.3 Å². The molecule has 0 saturated carbocycles. The highest BCUT2D eigenvalue weighted by Gasteiger charge is 1.89. The van der Waals surface area contributed by atoms with Crippen molar-refractivity contribution in [3.05, 3.63) is 12.7 Å². The van der Waals surface area contributed by atoms with E-state index in [4.69, 9.17) is 1.37 Å². The quantitative estimate of drug-likeness (QED) is 0.388. The summed E-state index contributed by atoms with van der Waals surface area (Å²) in [5.74, 6) is -0.247. The molecule has 0 heteroatoms. The van der Waals surface area contributed by atoms with E-state index in [-0.39, 0.29) is 5.89 Å². The molecule has 0 rings (SSSR count). The van der Waals surface area contributed by atoms with Crippen LogP contribution in [0, 0.1) is 5.89 Å². The first-order chi connectivity index (χ1) is 4.06. The first-order valence-electron chi connectivity index (χ1n) is 3.67. The van der Waals surface area contributed by atoms with Gasteiger partial charge in [-0.3, -0.25) is 0 Å². The molecule has 0 N–H and O–H groups in total. The monoisotopic (exact) mass is 113 g/mol. The van der Waals surface area contributed by atoms with Gasteiger partial charge in [0, 0.05) is 1.37 Å². The molecule has 0 atom stereocenters. The van der Waals surface area contributed by atoms with Crippen molar-refractivity contribution in [3.63, 3.8) is 0 Å². The first-order valence-corrected chi connectivity index (χ1v) is 3.17. The molecule has 0 heterocycles. The van der Waals surface area contributed by atoms with E-state index in [2.05, 4.69) is 6.58 Å². The van der Waals surface area contributed by atoms with E-state index in [1.54, 1.807) is 0 Å². The van der Waals surface area contributed by atoms with Gasteiger partial charge in [0.05, 0.1) is 0 Å². The molecule has 0 bridgehead atoms. The van der Waals surface area contributed by atoms with Gasteiger partial charge in [-0.15, -0.1) is 6.58 Å². The van der Waals surface area contributed by atoms with Crippen molar-refractivity contribution in [2.24, 2.45) is 5.89 Å². The van der Waals surface area contributed by atoms with E-state index in [0.717, 1.165) is 19.3 Å². The fourth-order valence-electron chi connectivity index (χ4n) is 0.600. The third-order valence-electron chi connectivity index (χ3n) is 1.09. The van der Waals surface area contributed by atoms with Crippen LogP contribution in [0.5, 0.6) is 0 Å². The Labute approximate surface area is 54.0 Å². The predicted octanol–water partition coefficient (Wildman–Crippen LogP) is 3.00. The minimum atomic E-state index is -0.247. The fraction of sp³-hybridized carbons (Fsp3) is 0.750. The van der Waals surface area contributed by atoms with Gasteiger partial charge in [-0.05, 0) is 18.7 Å². The van der Waals surface area contributed by atoms with Crippen LogP contribution in [0.2, 0.25) is 0 Å². The SMILES string of the molecule is [2H]C(C)(C)CCCC=C. The van der Waals surface area contributed by atoms with Crippen LogP contribution in [0.4, 0.5) is 0 Å². The van der Waals surface area contributed by atoms with Gasteiger partial charge < -0.3 is 0 Å². The van der Waals surface area contributed by atoms with Crippen molar-refractivity contribution in [1.29, 1.82) is 0 Å². The lowest BCUT2D eigenvalue weighted by atomic mass is 10.1. The van der Waals surface area contributed by atoms with Crippen molar-refractivity contribution in [2.75, 3.05) is 0 Å². The van der Waals surface area contributed by atoms with E-state index in [9.17, 15) is 0 Å². The van der Waals surface area contributed by atoms with Gasteiger partial charge in [0.15, 0.2) is 0 Å². The van der Waals surface area contributed by atoms with Crippen LogP contribution in [0.3, 0.4) is 0 Å². The zero-order valence-corrected chi connectivity index (χ0v) is 5.91. The molecule has 0 aliphatic rings. The average Bonchev–Trinajstić information content (AvgIpc) is 1.63. The molecule has 0 fully saturated rings. The first kappa shape index (κ1) is 5.87. The zero-order chi connectivity index (χ0) is 7.33. The van der Waals surface area contributed by atoms with E-state index < -0.39 is 0 Å². The number of rotatable bonds is 4. The molecule has 0 aromatic carbocycles. The van der Waals surface area contributed by atoms with Crippen molar-refractivity contribution >= 4 is 0 Å². The second-order valence-corrected chi connectivity index (χ2v) is 2.39. The fourth-order valence-corrected chi connectivity index (χ4v) is 0.600. The second kappa shape index (κ2) is 4.89. The Balaban J connectivity index is 3.17. The highest BCUT2D eigenvalue weighted by molar-refractivity contribution is 4.65. The average molecular weight is 113 g/mol. The van der Waals surface area contributed by atoms with Gasteiger partial charge in [-0.25, -0.2) is 0 Å². The van der Waals surface area contributed by atoms with Crippen molar-refractivity contribution < 1.29 is 1.37 Å². The minimum Gasteiger partial charge on any atom is -0.103 e. The molecule has 0 aromatic heterocycles. The number of hydrogen-bond acceptors (Lipinski definition) is 0. The molecule has 48 valence electrons. The standard InChI is InChI=1S/C8H16/c1-4-5-6-7-8(2)3/h4,8H,1,5-7H2,2-3H3/i8D. The Morgan fingerprint density at radius 1 is 1.75 bits per heavy atom. The molecule has 0 radical (unpaired) electrons. The summed E-state index contributed by atoms with van der Waals surface area (Å²) in [5.41, 5.74) is 0. The molecule has 0 nitrogen and oxygen atoms in total. The Hall–Kier alpha value is -0.260. The third-order valence-corrected chi connectivity index (χ3v) is 1.09.